The van der Waals surface area contributed by atoms with E-state index in [9.17, 15) is 13.2 Å². The molecule has 0 saturated carbocycles. The molecular weight excluding hydrogens is 736 g/mol. The van der Waals surface area contributed by atoms with Crippen molar-refractivity contribution in [2.45, 2.75) is 6.18 Å². The number of hydrogen-bond donors (Lipinski definition) is 0. The quantitative estimate of drug-likeness (QED) is 0.151. The first-order chi connectivity index (χ1) is 28.9. The summed E-state index contributed by atoms with van der Waals surface area (Å²) in [7, 11) is 0. The summed E-state index contributed by atoms with van der Waals surface area (Å²) >= 11 is 0. The van der Waals surface area contributed by atoms with E-state index in [1.807, 2.05) is 78.9 Å². The number of aromatic nitrogens is 2. The summed E-state index contributed by atoms with van der Waals surface area (Å²) in [5, 5.41) is 4.39. The lowest BCUT2D eigenvalue weighted by Gasteiger charge is -2.26. The molecule has 9 aromatic carbocycles. The van der Waals surface area contributed by atoms with E-state index < -0.39 is 11.7 Å². The highest BCUT2D eigenvalue weighted by molar-refractivity contribution is 6.19. The van der Waals surface area contributed by atoms with Crippen LogP contribution in [0.1, 0.15) is 5.56 Å². The molecule has 6 heteroatoms. The van der Waals surface area contributed by atoms with Crippen LogP contribution in [-0.2, 0) is 6.18 Å². The third-order valence-electron chi connectivity index (χ3n) is 10.9. The lowest BCUT2D eigenvalue weighted by molar-refractivity contribution is -0.137. The Labute approximate surface area is 339 Å². The van der Waals surface area contributed by atoms with Crippen LogP contribution in [0.5, 0.6) is 0 Å². The lowest BCUT2D eigenvalue weighted by atomic mass is 9.95. The molecule has 0 aliphatic carbocycles. The molecule has 0 spiro atoms. The number of fused-ring (bicyclic) bond motifs is 5. The second-order valence-electron chi connectivity index (χ2n) is 14.5. The highest BCUT2D eigenvalue weighted by atomic mass is 19.4. The molecule has 1 heterocycles. The van der Waals surface area contributed by atoms with Crippen LogP contribution in [0.15, 0.2) is 206 Å². The predicted molar refractivity (Wildman–Crippen MR) is 236 cm³/mol. The Morgan fingerprint density at radius 1 is 0.373 bits per heavy atom. The molecule has 0 saturated heterocycles. The summed E-state index contributed by atoms with van der Waals surface area (Å²) < 4.78 is 39.6. The third kappa shape index (κ3) is 6.85. The average molecular weight is 770 g/mol. The molecule has 0 unspecified atom stereocenters. The van der Waals surface area contributed by atoms with Gasteiger partial charge in [0.15, 0.2) is 0 Å². The van der Waals surface area contributed by atoms with Gasteiger partial charge in [0, 0.05) is 33.6 Å². The van der Waals surface area contributed by atoms with Crippen molar-refractivity contribution in [2.24, 2.45) is 0 Å². The number of rotatable bonds is 7. The van der Waals surface area contributed by atoms with Gasteiger partial charge in [-0.1, -0.05) is 146 Å². The van der Waals surface area contributed by atoms with Crippen molar-refractivity contribution in [3.05, 3.63) is 212 Å². The van der Waals surface area contributed by atoms with Gasteiger partial charge in [-0.25, -0.2) is 9.97 Å². The fourth-order valence-corrected chi connectivity index (χ4v) is 7.91. The normalized spacial score (nSPS) is 11.6. The summed E-state index contributed by atoms with van der Waals surface area (Å²) in [6.07, 6.45) is -4.37. The van der Waals surface area contributed by atoms with Gasteiger partial charge < -0.3 is 4.90 Å². The number of para-hydroxylation sites is 1. The van der Waals surface area contributed by atoms with Crippen molar-refractivity contribution >= 4 is 49.6 Å². The molecule has 3 nitrogen and oxygen atoms in total. The molecule has 0 fully saturated rings. The molecule has 0 bridgehead atoms. The van der Waals surface area contributed by atoms with Gasteiger partial charge in [0.1, 0.15) is 0 Å². The van der Waals surface area contributed by atoms with Gasteiger partial charge in [-0.2, -0.15) is 13.2 Å². The number of halogens is 3. The molecule has 59 heavy (non-hydrogen) atoms. The van der Waals surface area contributed by atoms with Crippen LogP contribution in [0, 0.1) is 0 Å². The van der Waals surface area contributed by atoms with Crippen LogP contribution in [0.2, 0.25) is 0 Å². The molecule has 10 aromatic rings. The zero-order chi connectivity index (χ0) is 39.9. The van der Waals surface area contributed by atoms with Gasteiger partial charge in [0.25, 0.3) is 0 Å². The first kappa shape index (κ1) is 35.8. The first-order valence-corrected chi connectivity index (χ1v) is 19.4. The SMILES string of the molecule is FC(F)(F)c1ccc(-c2ccc(N(c3ccccc3)c3ccc(-c4ccc5ccc6ccc7nc(-c8ccccc8)c(-c8ccccc8)nc7c6c5c4)cc3)cc2)cc1. The van der Waals surface area contributed by atoms with Gasteiger partial charge in [-0.3, -0.25) is 0 Å². The summed E-state index contributed by atoms with van der Waals surface area (Å²) in [5.74, 6) is 0. The van der Waals surface area contributed by atoms with Crippen LogP contribution in [-0.4, -0.2) is 9.97 Å². The Kier molecular flexibility index (Phi) is 8.95. The number of nitrogens with zero attached hydrogens (tertiary/aromatic N) is 3. The third-order valence-corrected chi connectivity index (χ3v) is 10.9. The molecule has 1 aromatic heterocycles. The van der Waals surface area contributed by atoms with E-state index in [1.165, 1.54) is 12.1 Å². The highest BCUT2D eigenvalue weighted by Crippen LogP contribution is 2.40. The smallest absolute Gasteiger partial charge is 0.311 e. The maximum Gasteiger partial charge on any atom is 0.416 e. The van der Waals surface area contributed by atoms with Gasteiger partial charge in [-0.05, 0) is 99.1 Å². The summed E-state index contributed by atoms with van der Waals surface area (Å²) in [5.41, 5.74) is 11.4. The first-order valence-electron chi connectivity index (χ1n) is 19.4. The molecule has 10 rings (SSSR count). The van der Waals surface area contributed by atoms with Crippen LogP contribution in [0.4, 0.5) is 30.2 Å². The molecule has 0 amide bonds. The molecule has 282 valence electrons. The van der Waals surface area contributed by atoms with Gasteiger partial charge in [-0.15, -0.1) is 0 Å². The highest BCUT2D eigenvalue weighted by Gasteiger charge is 2.30. The number of alkyl halides is 3. The Hall–Kier alpha value is -7.57. The summed E-state index contributed by atoms with van der Waals surface area (Å²) in [6, 6.07) is 67.5. The molecule has 0 radical (unpaired) electrons. The Morgan fingerprint density at radius 2 is 0.814 bits per heavy atom. The monoisotopic (exact) mass is 769 g/mol. The van der Waals surface area contributed by atoms with Gasteiger partial charge >= 0.3 is 6.18 Å². The maximum absolute atomic E-state index is 13.2. The Morgan fingerprint density at radius 3 is 1.39 bits per heavy atom. The lowest BCUT2D eigenvalue weighted by Crippen LogP contribution is -2.09. The van der Waals surface area contributed by atoms with E-state index in [1.54, 1.807) is 0 Å². The van der Waals surface area contributed by atoms with Crippen LogP contribution >= 0.6 is 0 Å². The van der Waals surface area contributed by atoms with E-state index in [2.05, 4.69) is 108 Å². The zero-order valence-electron chi connectivity index (χ0n) is 31.6. The minimum atomic E-state index is -4.37. The van der Waals surface area contributed by atoms with E-state index in [4.69, 9.17) is 9.97 Å². The van der Waals surface area contributed by atoms with Crippen molar-refractivity contribution < 1.29 is 13.2 Å². The fraction of sp³-hybridized carbons (Fsp3) is 0.0189. The Bertz CT molecular complexity index is 3090. The molecular formula is C53H34F3N3. The van der Waals surface area contributed by atoms with Crippen LogP contribution in [0.25, 0.3) is 77.3 Å². The van der Waals surface area contributed by atoms with E-state index in [0.717, 1.165) is 107 Å². The average Bonchev–Trinajstić information content (AvgIpc) is 3.29. The minimum absolute atomic E-state index is 0.661. The zero-order valence-corrected chi connectivity index (χ0v) is 31.6. The van der Waals surface area contributed by atoms with Crippen molar-refractivity contribution in [3.63, 3.8) is 0 Å². The number of benzene rings is 9. The maximum atomic E-state index is 13.2. The van der Waals surface area contributed by atoms with Gasteiger partial charge in [0.05, 0.1) is 28.0 Å². The largest absolute Gasteiger partial charge is 0.416 e. The van der Waals surface area contributed by atoms with Crippen molar-refractivity contribution in [2.75, 3.05) is 4.90 Å². The van der Waals surface area contributed by atoms with Gasteiger partial charge in [0.2, 0.25) is 0 Å². The number of hydrogen-bond acceptors (Lipinski definition) is 3. The topological polar surface area (TPSA) is 29.0 Å². The Balaban J connectivity index is 1.04. The van der Waals surface area contributed by atoms with E-state index in [0.29, 0.717) is 0 Å². The van der Waals surface area contributed by atoms with Crippen molar-refractivity contribution in [1.82, 2.24) is 9.97 Å². The molecule has 0 atom stereocenters. The molecule has 0 aliphatic rings. The standard InChI is InChI=1S/C53H34F3N3/c54-53(55,56)43-27-20-35(21-28-43)36-22-29-45(30-23-36)59(44-14-8-3-9-15-44)46-31-24-37(25-32-46)42-19-17-38-16-18-39-26-33-48-52(49(39)47(38)34-42)58-51(41-12-6-2-7-13-41)50(57-48)40-10-4-1-5-11-40/h1-34H. The number of anilines is 3. The summed E-state index contributed by atoms with van der Waals surface area (Å²) in [4.78, 5) is 12.9. The minimum Gasteiger partial charge on any atom is -0.311 e. The van der Waals surface area contributed by atoms with Crippen LogP contribution < -0.4 is 4.90 Å². The van der Waals surface area contributed by atoms with E-state index in [-0.39, 0.29) is 0 Å². The summed E-state index contributed by atoms with van der Waals surface area (Å²) in [6.45, 7) is 0. The molecule has 0 N–H and O–H groups in total. The van der Waals surface area contributed by atoms with Crippen molar-refractivity contribution in [3.8, 4) is 44.8 Å². The van der Waals surface area contributed by atoms with Crippen molar-refractivity contribution in [1.29, 1.82) is 0 Å². The second-order valence-corrected chi connectivity index (χ2v) is 14.5. The molecule has 0 aliphatic heterocycles. The fourth-order valence-electron chi connectivity index (χ4n) is 7.91. The van der Waals surface area contributed by atoms with E-state index >= 15 is 0 Å². The predicted octanol–water partition coefficient (Wildman–Crippen LogP) is 15.1. The second kappa shape index (κ2) is 14.7. The van der Waals surface area contributed by atoms with Crippen LogP contribution in [0.3, 0.4) is 0 Å².